The lowest BCUT2D eigenvalue weighted by Crippen LogP contribution is -2.48. The zero-order valence-electron chi connectivity index (χ0n) is 15.9. The minimum Gasteiger partial charge on any atom is -0.465 e. The first-order valence-electron chi connectivity index (χ1n) is 9.00. The third-order valence-corrected chi connectivity index (χ3v) is 5.62. The van der Waals surface area contributed by atoms with Crippen molar-refractivity contribution in [3.8, 4) is 0 Å². The summed E-state index contributed by atoms with van der Waals surface area (Å²) in [7, 11) is 0. The molecule has 3 unspecified atom stereocenters. The van der Waals surface area contributed by atoms with Gasteiger partial charge in [0.1, 0.15) is 11.2 Å². The molecule has 1 aromatic carbocycles. The van der Waals surface area contributed by atoms with Crippen molar-refractivity contribution in [2.75, 3.05) is 6.61 Å². The third-order valence-electron chi connectivity index (χ3n) is 5.62. The average Bonchev–Trinajstić information content (AvgIpc) is 2.46. The van der Waals surface area contributed by atoms with Crippen LogP contribution in [0.4, 0.5) is 0 Å². The first kappa shape index (κ1) is 18.7. The van der Waals surface area contributed by atoms with Crippen molar-refractivity contribution in [3.05, 3.63) is 34.4 Å². The van der Waals surface area contributed by atoms with Crippen LogP contribution in [0.5, 0.6) is 0 Å². The van der Waals surface area contributed by atoms with Crippen LogP contribution >= 0.6 is 0 Å². The van der Waals surface area contributed by atoms with Crippen molar-refractivity contribution in [3.63, 3.8) is 0 Å². The van der Waals surface area contributed by atoms with Gasteiger partial charge < -0.3 is 4.74 Å². The number of hydrogen-bond donors (Lipinski definition) is 0. The Morgan fingerprint density at radius 2 is 1.79 bits per heavy atom. The van der Waals surface area contributed by atoms with Crippen molar-refractivity contribution < 1.29 is 14.3 Å². The molecule has 2 rings (SSSR count). The highest BCUT2D eigenvalue weighted by molar-refractivity contribution is 6.04. The molecule has 0 radical (unpaired) electrons. The number of Topliss-reactive ketones (excluding diaryl/α,β-unsaturated/α-hetero) is 1. The summed E-state index contributed by atoms with van der Waals surface area (Å²) in [5, 5.41) is 0. The second kappa shape index (κ2) is 7.08. The van der Waals surface area contributed by atoms with E-state index in [2.05, 4.69) is 39.8 Å². The van der Waals surface area contributed by atoms with E-state index in [4.69, 9.17) is 4.74 Å². The molecule has 3 nitrogen and oxygen atoms in total. The SMILES string of the molecule is CCOC(=O)C1(C(C)=O)CCC(C)CC1c1c(C)cc(C)cc1C. The molecule has 0 bridgehead atoms. The van der Waals surface area contributed by atoms with Crippen molar-refractivity contribution in [1.29, 1.82) is 0 Å². The number of aryl methyl sites for hydroxylation is 3. The molecule has 24 heavy (non-hydrogen) atoms. The normalized spacial score (nSPS) is 26.9. The minimum absolute atomic E-state index is 0.0581. The minimum atomic E-state index is -1.03. The first-order chi connectivity index (χ1) is 11.2. The number of hydrogen-bond acceptors (Lipinski definition) is 3. The van der Waals surface area contributed by atoms with Crippen LogP contribution in [0.3, 0.4) is 0 Å². The van der Waals surface area contributed by atoms with Crippen molar-refractivity contribution >= 4 is 11.8 Å². The highest BCUT2D eigenvalue weighted by Gasteiger charge is 2.54. The van der Waals surface area contributed by atoms with E-state index in [1.54, 1.807) is 13.8 Å². The van der Waals surface area contributed by atoms with E-state index in [-0.39, 0.29) is 17.7 Å². The van der Waals surface area contributed by atoms with Crippen LogP contribution in [0, 0.1) is 32.1 Å². The van der Waals surface area contributed by atoms with Crippen molar-refractivity contribution in [2.45, 2.75) is 66.7 Å². The summed E-state index contributed by atoms with van der Waals surface area (Å²) < 4.78 is 5.38. The molecular weight excluding hydrogens is 300 g/mol. The molecule has 1 saturated carbocycles. The molecular formula is C21H30O3. The molecule has 0 saturated heterocycles. The van der Waals surface area contributed by atoms with Crippen LogP contribution in [0.2, 0.25) is 0 Å². The molecule has 3 heteroatoms. The Hall–Kier alpha value is -1.64. The zero-order valence-corrected chi connectivity index (χ0v) is 15.9. The molecule has 0 amide bonds. The smallest absolute Gasteiger partial charge is 0.320 e. The Labute approximate surface area is 145 Å². The number of esters is 1. The van der Waals surface area contributed by atoms with Crippen LogP contribution < -0.4 is 0 Å². The molecule has 0 heterocycles. The summed E-state index contributed by atoms with van der Waals surface area (Å²) in [5.41, 5.74) is 3.67. The first-order valence-corrected chi connectivity index (χ1v) is 9.00. The van der Waals surface area contributed by atoms with Crippen molar-refractivity contribution in [2.24, 2.45) is 11.3 Å². The quantitative estimate of drug-likeness (QED) is 0.596. The summed E-state index contributed by atoms with van der Waals surface area (Å²) in [6.07, 6.45) is 2.32. The Morgan fingerprint density at radius 3 is 2.29 bits per heavy atom. The maximum absolute atomic E-state index is 12.9. The van der Waals surface area contributed by atoms with Gasteiger partial charge in [-0.1, -0.05) is 24.6 Å². The van der Waals surface area contributed by atoms with E-state index in [1.807, 2.05) is 0 Å². The van der Waals surface area contributed by atoms with Crippen LogP contribution in [0.1, 0.15) is 68.2 Å². The lowest BCUT2D eigenvalue weighted by Gasteiger charge is -2.43. The lowest BCUT2D eigenvalue weighted by atomic mass is 9.58. The fourth-order valence-corrected chi connectivity index (χ4v) is 4.54. The van der Waals surface area contributed by atoms with Crippen LogP contribution in [-0.4, -0.2) is 18.4 Å². The van der Waals surface area contributed by atoms with Gasteiger partial charge in [0.15, 0.2) is 0 Å². The highest BCUT2D eigenvalue weighted by atomic mass is 16.5. The third kappa shape index (κ3) is 3.13. The molecule has 0 N–H and O–H groups in total. The van der Waals surface area contributed by atoms with Crippen molar-refractivity contribution in [1.82, 2.24) is 0 Å². The predicted octanol–water partition coefficient (Wildman–Crippen LogP) is 4.65. The Morgan fingerprint density at radius 1 is 1.21 bits per heavy atom. The molecule has 1 aliphatic rings. The topological polar surface area (TPSA) is 43.4 Å². The molecule has 1 fully saturated rings. The Kier molecular flexibility index (Phi) is 5.52. The van der Waals surface area contributed by atoms with Gasteiger partial charge in [0.2, 0.25) is 0 Å². The molecule has 0 aromatic heterocycles. The van der Waals surface area contributed by atoms with Gasteiger partial charge in [-0.2, -0.15) is 0 Å². The molecule has 0 aliphatic heterocycles. The predicted molar refractivity (Wildman–Crippen MR) is 96.2 cm³/mol. The second-order valence-electron chi connectivity index (χ2n) is 7.49. The number of benzene rings is 1. The molecule has 1 aliphatic carbocycles. The molecule has 1 aromatic rings. The maximum atomic E-state index is 12.9. The zero-order chi connectivity index (χ0) is 18.1. The van der Waals surface area contributed by atoms with Gasteiger partial charge in [0, 0.05) is 5.92 Å². The number of carbonyl (C=O) groups is 2. The summed E-state index contributed by atoms with van der Waals surface area (Å²) >= 11 is 0. The van der Waals surface area contributed by atoms with Gasteiger partial charge in [0.05, 0.1) is 6.61 Å². The van der Waals surface area contributed by atoms with Gasteiger partial charge in [-0.15, -0.1) is 0 Å². The molecule has 3 atom stereocenters. The van der Waals surface area contributed by atoms with Gasteiger partial charge in [-0.05, 0) is 76.5 Å². The fraction of sp³-hybridized carbons (Fsp3) is 0.619. The summed E-state index contributed by atoms with van der Waals surface area (Å²) in [6.45, 7) is 12.1. The number of carbonyl (C=O) groups excluding carboxylic acids is 2. The molecule has 132 valence electrons. The number of rotatable bonds is 4. The number of ketones is 1. The van der Waals surface area contributed by atoms with E-state index >= 15 is 0 Å². The summed E-state index contributed by atoms with van der Waals surface area (Å²) in [4.78, 5) is 25.6. The van der Waals surface area contributed by atoms with Crippen LogP contribution in [0.15, 0.2) is 12.1 Å². The van der Waals surface area contributed by atoms with E-state index in [0.29, 0.717) is 18.9 Å². The second-order valence-corrected chi connectivity index (χ2v) is 7.49. The maximum Gasteiger partial charge on any atom is 0.320 e. The van der Waals surface area contributed by atoms with Gasteiger partial charge in [-0.3, -0.25) is 9.59 Å². The van der Waals surface area contributed by atoms with E-state index in [0.717, 1.165) is 18.4 Å². The number of ether oxygens (including phenoxy) is 1. The Bertz CT molecular complexity index is 623. The van der Waals surface area contributed by atoms with Crippen LogP contribution in [0.25, 0.3) is 0 Å². The summed E-state index contributed by atoms with van der Waals surface area (Å²) in [6, 6.07) is 4.30. The van der Waals surface area contributed by atoms with E-state index < -0.39 is 5.41 Å². The largest absolute Gasteiger partial charge is 0.465 e. The fourth-order valence-electron chi connectivity index (χ4n) is 4.54. The van der Waals surface area contributed by atoms with Crippen LogP contribution in [-0.2, 0) is 14.3 Å². The Balaban J connectivity index is 2.65. The van der Waals surface area contributed by atoms with Gasteiger partial charge >= 0.3 is 5.97 Å². The van der Waals surface area contributed by atoms with E-state index in [9.17, 15) is 9.59 Å². The van der Waals surface area contributed by atoms with Gasteiger partial charge in [0.25, 0.3) is 0 Å². The summed E-state index contributed by atoms with van der Waals surface area (Å²) in [5.74, 6) is 0.00130. The standard InChI is InChI=1S/C21H30O3/c1-7-24-20(23)21(17(6)22)9-8-13(2)12-18(21)19-15(4)10-14(3)11-16(19)5/h10-11,13,18H,7-9,12H2,1-6H3. The average molecular weight is 330 g/mol. The highest BCUT2D eigenvalue weighted by Crippen LogP contribution is 2.52. The monoisotopic (exact) mass is 330 g/mol. The molecule has 0 spiro atoms. The van der Waals surface area contributed by atoms with Gasteiger partial charge in [-0.25, -0.2) is 0 Å². The lowest BCUT2D eigenvalue weighted by molar-refractivity contribution is -0.164. The van der Waals surface area contributed by atoms with E-state index in [1.165, 1.54) is 16.7 Å².